The summed E-state index contributed by atoms with van der Waals surface area (Å²) in [6, 6.07) is 7.91. The van der Waals surface area contributed by atoms with Gasteiger partial charge >= 0.3 is 0 Å². The zero-order chi connectivity index (χ0) is 13.8. The second kappa shape index (κ2) is 6.33. The van der Waals surface area contributed by atoms with Gasteiger partial charge in [-0.25, -0.2) is 0 Å². The molecule has 1 aromatic rings. The van der Waals surface area contributed by atoms with Crippen LogP contribution in [0.2, 0.25) is 0 Å². The van der Waals surface area contributed by atoms with Crippen LogP contribution in [0.1, 0.15) is 42.6 Å². The first kappa shape index (κ1) is 14.3. The lowest BCUT2D eigenvalue weighted by Crippen LogP contribution is -2.38. The lowest BCUT2D eigenvalue weighted by molar-refractivity contribution is 0.0880. The first-order valence-electron chi connectivity index (χ1n) is 7.38. The molecule has 1 aliphatic heterocycles. The number of piperidine rings is 1. The predicted molar refractivity (Wildman–Crippen MR) is 79.5 cm³/mol. The van der Waals surface area contributed by atoms with E-state index in [0.29, 0.717) is 6.54 Å². The van der Waals surface area contributed by atoms with Crippen LogP contribution >= 0.6 is 0 Å². The van der Waals surface area contributed by atoms with Gasteiger partial charge in [0.05, 0.1) is 6.54 Å². The Morgan fingerprint density at radius 2 is 1.79 bits per heavy atom. The normalized spacial score (nSPS) is 17.9. The van der Waals surface area contributed by atoms with Crippen molar-refractivity contribution in [2.75, 3.05) is 19.6 Å². The van der Waals surface area contributed by atoms with Crippen molar-refractivity contribution in [3.05, 3.63) is 35.4 Å². The molecule has 0 spiro atoms. The second-order valence-electron chi connectivity index (χ2n) is 6.15. The van der Waals surface area contributed by atoms with Crippen molar-refractivity contribution in [1.29, 1.82) is 0 Å². The van der Waals surface area contributed by atoms with Crippen LogP contribution < -0.4 is 0 Å². The molecule has 1 fully saturated rings. The van der Waals surface area contributed by atoms with Gasteiger partial charge in [0.15, 0.2) is 5.78 Å². The number of aryl methyl sites for hydroxylation is 1. The van der Waals surface area contributed by atoms with Gasteiger partial charge < -0.3 is 0 Å². The molecule has 0 saturated carbocycles. The number of likely N-dealkylation sites (tertiary alicyclic amines) is 1. The first-order chi connectivity index (χ1) is 9.06. The van der Waals surface area contributed by atoms with Gasteiger partial charge in [-0.3, -0.25) is 9.69 Å². The zero-order valence-electron chi connectivity index (χ0n) is 12.4. The molecule has 0 amide bonds. The third-order valence-corrected chi connectivity index (χ3v) is 4.32. The highest BCUT2D eigenvalue weighted by Gasteiger charge is 2.22. The third kappa shape index (κ3) is 3.90. The smallest absolute Gasteiger partial charge is 0.176 e. The quantitative estimate of drug-likeness (QED) is 0.771. The van der Waals surface area contributed by atoms with E-state index in [0.717, 1.165) is 30.5 Å². The van der Waals surface area contributed by atoms with E-state index in [1.54, 1.807) is 0 Å². The number of benzene rings is 1. The van der Waals surface area contributed by atoms with Gasteiger partial charge in [-0.1, -0.05) is 43.7 Å². The molecule has 0 bridgehead atoms. The minimum absolute atomic E-state index is 0.253. The summed E-state index contributed by atoms with van der Waals surface area (Å²) in [5.74, 6) is 1.86. The largest absolute Gasteiger partial charge is 0.296 e. The van der Waals surface area contributed by atoms with E-state index in [1.165, 1.54) is 18.4 Å². The fraction of sp³-hybridized carbons (Fsp3) is 0.588. The van der Waals surface area contributed by atoms with Crippen molar-refractivity contribution >= 4 is 5.78 Å². The molecule has 1 saturated heterocycles. The summed E-state index contributed by atoms with van der Waals surface area (Å²) in [5.41, 5.74) is 2.05. The molecule has 1 aromatic carbocycles. The van der Waals surface area contributed by atoms with Gasteiger partial charge in [0, 0.05) is 5.56 Å². The Labute approximate surface area is 116 Å². The summed E-state index contributed by atoms with van der Waals surface area (Å²) >= 11 is 0. The number of hydrogen-bond acceptors (Lipinski definition) is 2. The number of hydrogen-bond donors (Lipinski definition) is 0. The Balaban J connectivity index is 1.85. The number of carbonyl (C=O) groups excluding carboxylic acids is 1. The minimum Gasteiger partial charge on any atom is -0.296 e. The lowest BCUT2D eigenvalue weighted by Gasteiger charge is -2.33. The number of rotatable bonds is 4. The Bertz CT molecular complexity index is 413. The van der Waals surface area contributed by atoms with E-state index in [2.05, 4.69) is 18.7 Å². The predicted octanol–water partition coefficient (Wildman–Crippen LogP) is 3.55. The maximum atomic E-state index is 12.2. The molecule has 2 rings (SSSR count). The highest BCUT2D eigenvalue weighted by atomic mass is 16.1. The fourth-order valence-corrected chi connectivity index (χ4v) is 2.81. The first-order valence-corrected chi connectivity index (χ1v) is 7.38. The molecule has 2 heteroatoms. The van der Waals surface area contributed by atoms with Crippen LogP contribution in [0.25, 0.3) is 0 Å². The lowest BCUT2D eigenvalue weighted by atomic mass is 9.86. The molecule has 2 nitrogen and oxygen atoms in total. The molecule has 104 valence electrons. The van der Waals surface area contributed by atoms with Crippen LogP contribution in [-0.4, -0.2) is 30.3 Å². The second-order valence-corrected chi connectivity index (χ2v) is 6.15. The average molecular weight is 259 g/mol. The molecule has 1 heterocycles. The van der Waals surface area contributed by atoms with Gasteiger partial charge in [-0.15, -0.1) is 0 Å². The van der Waals surface area contributed by atoms with Gasteiger partial charge in [0.1, 0.15) is 0 Å². The minimum atomic E-state index is 0.253. The van der Waals surface area contributed by atoms with Gasteiger partial charge in [-0.2, -0.15) is 0 Å². The summed E-state index contributed by atoms with van der Waals surface area (Å²) in [6.07, 6.45) is 2.47. The fourth-order valence-electron chi connectivity index (χ4n) is 2.81. The van der Waals surface area contributed by atoms with Gasteiger partial charge in [0.2, 0.25) is 0 Å². The maximum absolute atomic E-state index is 12.2. The van der Waals surface area contributed by atoms with Crippen molar-refractivity contribution in [3.63, 3.8) is 0 Å². The average Bonchev–Trinajstić information content (AvgIpc) is 2.40. The van der Waals surface area contributed by atoms with Crippen LogP contribution in [0.15, 0.2) is 24.3 Å². The monoisotopic (exact) mass is 259 g/mol. The molecule has 19 heavy (non-hydrogen) atoms. The Morgan fingerprint density at radius 1 is 1.21 bits per heavy atom. The van der Waals surface area contributed by atoms with E-state index in [4.69, 9.17) is 0 Å². The molecule has 1 aliphatic rings. The highest BCUT2D eigenvalue weighted by molar-refractivity contribution is 5.97. The number of Topliss-reactive ketones (excluding diaryl/α,β-unsaturated/α-hetero) is 1. The molecule has 0 atom stereocenters. The summed E-state index contributed by atoms with van der Waals surface area (Å²) in [6.45, 7) is 9.37. The Hall–Kier alpha value is -1.15. The van der Waals surface area contributed by atoms with Crippen molar-refractivity contribution in [3.8, 4) is 0 Å². The van der Waals surface area contributed by atoms with Gasteiger partial charge in [-0.05, 0) is 44.7 Å². The Kier molecular flexibility index (Phi) is 4.76. The topological polar surface area (TPSA) is 20.3 Å². The van der Waals surface area contributed by atoms with Gasteiger partial charge in [0.25, 0.3) is 0 Å². The summed E-state index contributed by atoms with van der Waals surface area (Å²) < 4.78 is 0. The van der Waals surface area contributed by atoms with Crippen LogP contribution in [0.4, 0.5) is 0 Å². The number of nitrogens with zero attached hydrogens (tertiary/aromatic N) is 1. The van der Waals surface area contributed by atoms with Crippen molar-refractivity contribution in [2.45, 2.75) is 33.6 Å². The maximum Gasteiger partial charge on any atom is 0.176 e. The van der Waals surface area contributed by atoms with Crippen molar-refractivity contribution < 1.29 is 4.79 Å². The molecule has 0 aliphatic carbocycles. The number of carbonyl (C=O) groups is 1. The zero-order valence-corrected chi connectivity index (χ0v) is 12.4. The third-order valence-electron chi connectivity index (χ3n) is 4.32. The SMILES string of the molecule is Cc1ccc(C(=O)CN2CCC(C(C)C)CC2)cc1. The van der Waals surface area contributed by atoms with Crippen molar-refractivity contribution in [1.82, 2.24) is 4.90 Å². The number of ketones is 1. The van der Waals surface area contributed by atoms with E-state index in [-0.39, 0.29) is 5.78 Å². The van der Waals surface area contributed by atoms with E-state index in [1.807, 2.05) is 31.2 Å². The van der Waals surface area contributed by atoms with E-state index < -0.39 is 0 Å². The summed E-state index contributed by atoms with van der Waals surface area (Å²) in [4.78, 5) is 14.5. The molecule has 0 N–H and O–H groups in total. The molecular formula is C17H25NO. The Morgan fingerprint density at radius 3 is 2.32 bits per heavy atom. The van der Waals surface area contributed by atoms with Crippen LogP contribution in [0.5, 0.6) is 0 Å². The summed E-state index contributed by atoms with van der Waals surface area (Å²) in [5, 5.41) is 0. The molecule has 0 unspecified atom stereocenters. The highest BCUT2D eigenvalue weighted by Crippen LogP contribution is 2.24. The standard InChI is InChI=1S/C17H25NO/c1-13(2)15-8-10-18(11-9-15)12-17(19)16-6-4-14(3)5-7-16/h4-7,13,15H,8-12H2,1-3H3. The summed E-state index contributed by atoms with van der Waals surface area (Å²) in [7, 11) is 0. The van der Waals surface area contributed by atoms with E-state index >= 15 is 0 Å². The van der Waals surface area contributed by atoms with Crippen molar-refractivity contribution in [2.24, 2.45) is 11.8 Å². The van der Waals surface area contributed by atoms with Crippen LogP contribution in [0.3, 0.4) is 0 Å². The molecule has 0 radical (unpaired) electrons. The van der Waals surface area contributed by atoms with Crippen LogP contribution in [0, 0.1) is 18.8 Å². The molecular weight excluding hydrogens is 234 g/mol. The van der Waals surface area contributed by atoms with E-state index in [9.17, 15) is 4.79 Å². The molecule has 0 aromatic heterocycles. The van der Waals surface area contributed by atoms with Crippen LogP contribution in [-0.2, 0) is 0 Å².